The lowest BCUT2D eigenvalue weighted by Gasteiger charge is -2.26. The molecule has 0 radical (unpaired) electrons. The second-order valence-corrected chi connectivity index (χ2v) is 4.47. The molecule has 0 spiro atoms. The Morgan fingerprint density at radius 2 is 2.23 bits per heavy atom. The highest BCUT2D eigenvalue weighted by atomic mass is 32.1. The summed E-state index contributed by atoms with van der Waals surface area (Å²) in [5.41, 5.74) is 0. The Balaban J connectivity index is 2.35. The summed E-state index contributed by atoms with van der Waals surface area (Å²) in [6.45, 7) is 7.04. The number of hydrogen-bond acceptors (Lipinski definition) is 2. The normalized spacial score (nSPS) is 25.1. The van der Waals surface area contributed by atoms with Crippen molar-refractivity contribution in [3.63, 3.8) is 0 Å². The molecule has 0 aromatic carbocycles. The third-order valence-corrected chi connectivity index (χ3v) is 3.01. The molecule has 1 rings (SSSR count). The van der Waals surface area contributed by atoms with Crippen molar-refractivity contribution in [3.8, 4) is 0 Å². The molecule has 1 unspecified atom stereocenters. The monoisotopic (exact) mass is 199 g/mol. The molecule has 0 saturated carbocycles. The van der Waals surface area contributed by atoms with Gasteiger partial charge in [0, 0.05) is 18.3 Å². The molecule has 1 nitrogen and oxygen atoms in total. The van der Waals surface area contributed by atoms with Crippen LogP contribution in [0.3, 0.4) is 0 Å². The van der Waals surface area contributed by atoms with Crippen LogP contribution in [0.25, 0.3) is 0 Å². The highest BCUT2D eigenvalue weighted by Gasteiger charge is 2.25. The Morgan fingerprint density at radius 3 is 2.85 bits per heavy atom. The van der Waals surface area contributed by atoms with Crippen LogP contribution in [0.1, 0.15) is 26.7 Å². The maximum absolute atomic E-state index is 4.16. The molecule has 0 amide bonds. The second kappa shape index (κ2) is 5.71. The van der Waals surface area contributed by atoms with Gasteiger partial charge in [0.05, 0.1) is 0 Å². The van der Waals surface area contributed by atoms with Crippen molar-refractivity contribution in [2.45, 2.75) is 32.7 Å². The zero-order valence-electron chi connectivity index (χ0n) is 8.74. The summed E-state index contributed by atoms with van der Waals surface area (Å²) in [6, 6.07) is 0.810. The predicted molar refractivity (Wildman–Crippen MR) is 62.4 cm³/mol. The van der Waals surface area contributed by atoms with Crippen molar-refractivity contribution in [1.82, 2.24) is 4.90 Å². The van der Waals surface area contributed by atoms with E-state index in [1.807, 2.05) is 0 Å². The minimum atomic E-state index is 0.798. The lowest BCUT2D eigenvalue weighted by Crippen LogP contribution is -2.33. The van der Waals surface area contributed by atoms with Gasteiger partial charge in [-0.1, -0.05) is 26.0 Å². The Morgan fingerprint density at radius 1 is 1.46 bits per heavy atom. The van der Waals surface area contributed by atoms with Crippen LogP contribution in [0.2, 0.25) is 0 Å². The summed E-state index contributed by atoms with van der Waals surface area (Å²) >= 11 is 4.16. The van der Waals surface area contributed by atoms with Gasteiger partial charge < -0.3 is 0 Å². The number of rotatable bonds is 4. The van der Waals surface area contributed by atoms with Gasteiger partial charge in [-0.3, -0.25) is 4.90 Å². The SMILES string of the molecule is CC(C)C1CCCN1CC=CCS. The van der Waals surface area contributed by atoms with Crippen molar-refractivity contribution in [2.24, 2.45) is 5.92 Å². The van der Waals surface area contributed by atoms with Crippen LogP contribution in [0.4, 0.5) is 0 Å². The summed E-state index contributed by atoms with van der Waals surface area (Å²) in [7, 11) is 0. The van der Waals surface area contributed by atoms with E-state index in [1.54, 1.807) is 0 Å². The van der Waals surface area contributed by atoms with Gasteiger partial charge in [0.15, 0.2) is 0 Å². The molecule has 0 N–H and O–H groups in total. The van der Waals surface area contributed by atoms with Gasteiger partial charge in [-0.25, -0.2) is 0 Å². The standard InChI is InChI=1S/C11H21NS/c1-10(2)11-6-5-8-12(11)7-3-4-9-13/h3-4,10-11,13H,5-9H2,1-2H3. The molecule has 1 aliphatic rings. The van der Waals surface area contributed by atoms with Crippen LogP contribution in [0.15, 0.2) is 12.2 Å². The number of thiol groups is 1. The van der Waals surface area contributed by atoms with E-state index in [9.17, 15) is 0 Å². The van der Waals surface area contributed by atoms with Crippen LogP contribution < -0.4 is 0 Å². The lowest BCUT2D eigenvalue weighted by molar-refractivity contribution is 0.227. The van der Waals surface area contributed by atoms with E-state index in [0.717, 1.165) is 24.3 Å². The van der Waals surface area contributed by atoms with E-state index in [0.29, 0.717) is 0 Å². The molecule has 1 aliphatic heterocycles. The maximum Gasteiger partial charge on any atom is 0.0166 e. The fraction of sp³-hybridized carbons (Fsp3) is 0.818. The van der Waals surface area contributed by atoms with Gasteiger partial charge in [-0.05, 0) is 25.3 Å². The first-order valence-electron chi connectivity index (χ1n) is 5.25. The molecular formula is C11H21NS. The molecule has 0 bridgehead atoms. The van der Waals surface area contributed by atoms with Crippen molar-refractivity contribution < 1.29 is 0 Å². The summed E-state index contributed by atoms with van der Waals surface area (Å²) in [4.78, 5) is 2.59. The Labute approximate surface area is 87.6 Å². The van der Waals surface area contributed by atoms with E-state index < -0.39 is 0 Å². The zero-order valence-corrected chi connectivity index (χ0v) is 9.63. The van der Waals surface area contributed by atoms with Crippen LogP contribution in [-0.4, -0.2) is 29.8 Å². The average Bonchev–Trinajstić information content (AvgIpc) is 2.53. The van der Waals surface area contributed by atoms with Gasteiger partial charge in [-0.2, -0.15) is 12.6 Å². The molecule has 0 aromatic rings. The van der Waals surface area contributed by atoms with Crippen LogP contribution >= 0.6 is 12.6 Å². The van der Waals surface area contributed by atoms with Gasteiger partial charge in [0.2, 0.25) is 0 Å². The van der Waals surface area contributed by atoms with E-state index in [1.165, 1.54) is 19.4 Å². The van der Waals surface area contributed by atoms with E-state index >= 15 is 0 Å². The quantitative estimate of drug-likeness (QED) is 0.538. The fourth-order valence-corrected chi connectivity index (χ4v) is 2.27. The van der Waals surface area contributed by atoms with Gasteiger partial charge in [-0.15, -0.1) is 0 Å². The summed E-state index contributed by atoms with van der Waals surface area (Å²) in [6.07, 6.45) is 7.14. The molecule has 1 fully saturated rings. The maximum atomic E-state index is 4.16. The van der Waals surface area contributed by atoms with Gasteiger partial charge in [0.1, 0.15) is 0 Å². The first-order chi connectivity index (χ1) is 6.25. The molecule has 0 aliphatic carbocycles. The highest BCUT2D eigenvalue weighted by Crippen LogP contribution is 2.23. The van der Waals surface area contributed by atoms with Crippen LogP contribution in [0.5, 0.6) is 0 Å². The molecule has 76 valence electrons. The first-order valence-corrected chi connectivity index (χ1v) is 5.89. The smallest absolute Gasteiger partial charge is 0.0166 e. The third kappa shape index (κ3) is 3.35. The topological polar surface area (TPSA) is 3.24 Å². The number of hydrogen-bond donors (Lipinski definition) is 1. The number of nitrogens with zero attached hydrogens (tertiary/aromatic N) is 1. The summed E-state index contributed by atoms with van der Waals surface area (Å²) in [5, 5.41) is 0. The molecule has 2 heteroatoms. The highest BCUT2D eigenvalue weighted by molar-refractivity contribution is 7.80. The molecular weight excluding hydrogens is 178 g/mol. The zero-order chi connectivity index (χ0) is 9.68. The molecule has 1 saturated heterocycles. The average molecular weight is 199 g/mol. The first kappa shape index (κ1) is 11.1. The third-order valence-electron chi connectivity index (χ3n) is 2.80. The van der Waals surface area contributed by atoms with Crippen LogP contribution in [0, 0.1) is 5.92 Å². The van der Waals surface area contributed by atoms with Crippen molar-refractivity contribution in [3.05, 3.63) is 12.2 Å². The van der Waals surface area contributed by atoms with Gasteiger partial charge in [0.25, 0.3) is 0 Å². The predicted octanol–water partition coefficient (Wildman–Crippen LogP) is 2.59. The Bertz CT molecular complexity index is 165. The minimum Gasteiger partial charge on any atom is -0.296 e. The van der Waals surface area contributed by atoms with Gasteiger partial charge >= 0.3 is 0 Å². The van der Waals surface area contributed by atoms with E-state index in [4.69, 9.17) is 0 Å². The molecule has 1 atom stereocenters. The largest absolute Gasteiger partial charge is 0.296 e. The molecule has 13 heavy (non-hydrogen) atoms. The second-order valence-electron chi connectivity index (χ2n) is 4.10. The molecule has 0 aromatic heterocycles. The fourth-order valence-electron chi connectivity index (χ4n) is 2.12. The number of likely N-dealkylation sites (tertiary alicyclic amines) is 1. The Kier molecular flexibility index (Phi) is 4.89. The molecule has 1 heterocycles. The van der Waals surface area contributed by atoms with E-state index in [2.05, 4.69) is 43.5 Å². The Hall–Kier alpha value is 0.0500. The minimum absolute atomic E-state index is 0.798. The summed E-state index contributed by atoms with van der Waals surface area (Å²) < 4.78 is 0. The van der Waals surface area contributed by atoms with Crippen molar-refractivity contribution in [1.29, 1.82) is 0 Å². The van der Waals surface area contributed by atoms with Crippen LogP contribution in [-0.2, 0) is 0 Å². The van der Waals surface area contributed by atoms with Crippen molar-refractivity contribution in [2.75, 3.05) is 18.8 Å². The van der Waals surface area contributed by atoms with E-state index in [-0.39, 0.29) is 0 Å². The summed E-state index contributed by atoms with van der Waals surface area (Å²) in [5.74, 6) is 1.66. The lowest BCUT2D eigenvalue weighted by atomic mass is 10.0. The van der Waals surface area contributed by atoms with Crippen molar-refractivity contribution >= 4 is 12.6 Å².